The SMILES string of the molecule is CCN(C(=O)CC(NC(=O)OCC1c2ccccc2-c2ccccc21)C(C)(C)C)C(C)C(=O)O. The van der Waals surface area contributed by atoms with E-state index in [9.17, 15) is 19.5 Å². The predicted molar refractivity (Wildman–Crippen MR) is 131 cm³/mol. The van der Waals surface area contributed by atoms with E-state index in [0.717, 1.165) is 22.3 Å². The van der Waals surface area contributed by atoms with Crippen molar-refractivity contribution < 1.29 is 24.2 Å². The smallest absolute Gasteiger partial charge is 0.407 e. The van der Waals surface area contributed by atoms with Crippen LogP contribution in [-0.4, -0.2) is 53.2 Å². The highest BCUT2D eigenvalue weighted by Crippen LogP contribution is 2.44. The minimum Gasteiger partial charge on any atom is -0.480 e. The molecule has 7 nitrogen and oxygen atoms in total. The van der Waals surface area contributed by atoms with Crippen LogP contribution in [-0.2, 0) is 14.3 Å². The monoisotopic (exact) mass is 466 g/mol. The number of fused-ring (bicyclic) bond motifs is 3. The van der Waals surface area contributed by atoms with Crippen LogP contribution in [0.1, 0.15) is 58.1 Å². The molecule has 2 aromatic carbocycles. The Hall–Kier alpha value is -3.35. The van der Waals surface area contributed by atoms with Gasteiger partial charge in [-0.1, -0.05) is 69.3 Å². The molecule has 0 spiro atoms. The molecule has 0 aliphatic heterocycles. The lowest BCUT2D eigenvalue weighted by Gasteiger charge is -2.33. The third-order valence-corrected chi connectivity index (χ3v) is 6.55. The Bertz CT molecular complexity index is 1010. The Balaban J connectivity index is 1.68. The summed E-state index contributed by atoms with van der Waals surface area (Å²) in [6.45, 7) is 9.44. The van der Waals surface area contributed by atoms with E-state index in [2.05, 4.69) is 29.6 Å². The van der Waals surface area contributed by atoms with Gasteiger partial charge in [-0.15, -0.1) is 0 Å². The molecule has 0 aromatic heterocycles. The van der Waals surface area contributed by atoms with Gasteiger partial charge in [0.1, 0.15) is 12.6 Å². The maximum atomic E-state index is 12.9. The van der Waals surface area contributed by atoms with Crippen molar-refractivity contribution in [2.45, 2.75) is 59.0 Å². The van der Waals surface area contributed by atoms with Crippen molar-refractivity contribution in [2.24, 2.45) is 5.41 Å². The van der Waals surface area contributed by atoms with Gasteiger partial charge in [0, 0.05) is 24.9 Å². The summed E-state index contributed by atoms with van der Waals surface area (Å²) in [5, 5.41) is 12.2. The van der Waals surface area contributed by atoms with E-state index in [1.54, 1.807) is 6.92 Å². The highest BCUT2D eigenvalue weighted by Gasteiger charge is 2.34. The van der Waals surface area contributed by atoms with Crippen LogP contribution in [0.15, 0.2) is 48.5 Å². The van der Waals surface area contributed by atoms with Gasteiger partial charge in [-0.2, -0.15) is 0 Å². The number of carboxylic acid groups (broad SMARTS) is 1. The average Bonchev–Trinajstić information content (AvgIpc) is 3.10. The Morgan fingerprint density at radius 2 is 1.56 bits per heavy atom. The summed E-state index contributed by atoms with van der Waals surface area (Å²) in [7, 11) is 0. The molecule has 2 atom stereocenters. The van der Waals surface area contributed by atoms with Crippen molar-refractivity contribution in [1.82, 2.24) is 10.2 Å². The molecule has 2 N–H and O–H groups in total. The predicted octanol–water partition coefficient (Wildman–Crippen LogP) is 4.65. The molecule has 1 aliphatic carbocycles. The molecule has 0 saturated heterocycles. The molecular formula is C27H34N2O5. The van der Waals surface area contributed by atoms with Gasteiger partial charge in [-0.3, -0.25) is 4.79 Å². The number of aliphatic carboxylic acids is 1. The molecule has 0 bridgehead atoms. The lowest BCUT2D eigenvalue weighted by atomic mass is 9.84. The minimum atomic E-state index is -1.06. The van der Waals surface area contributed by atoms with Gasteiger partial charge in [-0.05, 0) is 41.5 Å². The first-order chi connectivity index (χ1) is 16.0. The first kappa shape index (κ1) is 25.3. The fraction of sp³-hybridized carbons (Fsp3) is 0.444. The Kier molecular flexibility index (Phi) is 7.64. The van der Waals surface area contributed by atoms with E-state index in [4.69, 9.17) is 4.74 Å². The molecule has 182 valence electrons. The molecule has 0 radical (unpaired) electrons. The van der Waals surface area contributed by atoms with Crippen LogP contribution >= 0.6 is 0 Å². The summed E-state index contributed by atoms with van der Waals surface area (Å²) >= 11 is 0. The number of carboxylic acids is 1. The molecule has 2 aromatic rings. The molecule has 2 unspecified atom stereocenters. The van der Waals surface area contributed by atoms with Crippen LogP contribution < -0.4 is 5.32 Å². The Morgan fingerprint density at radius 3 is 2.03 bits per heavy atom. The quantitative estimate of drug-likeness (QED) is 0.590. The second-order valence-corrected chi connectivity index (χ2v) is 9.79. The van der Waals surface area contributed by atoms with Crippen molar-refractivity contribution in [2.75, 3.05) is 13.2 Å². The van der Waals surface area contributed by atoms with Gasteiger partial charge in [0.15, 0.2) is 0 Å². The highest BCUT2D eigenvalue weighted by atomic mass is 16.5. The van der Waals surface area contributed by atoms with Gasteiger partial charge in [-0.25, -0.2) is 9.59 Å². The zero-order valence-corrected chi connectivity index (χ0v) is 20.5. The van der Waals surface area contributed by atoms with Crippen LogP contribution in [0.3, 0.4) is 0 Å². The minimum absolute atomic E-state index is 0.0147. The third kappa shape index (κ3) is 5.41. The van der Waals surface area contributed by atoms with Gasteiger partial charge in [0.05, 0.1) is 0 Å². The van der Waals surface area contributed by atoms with Gasteiger partial charge < -0.3 is 20.1 Å². The zero-order chi connectivity index (χ0) is 25.0. The van der Waals surface area contributed by atoms with Crippen LogP contribution in [0.25, 0.3) is 11.1 Å². The maximum Gasteiger partial charge on any atom is 0.407 e. The summed E-state index contributed by atoms with van der Waals surface area (Å²) in [6, 6.07) is 14.8. The molecule has 3 rings (SSSR count). The second kappa shape index (κ2) is 10.3. The zero-order valence-electron chi connectivity index (χ0n) is 20.5. The number of amides is 2. The normalized spacial score (nSPS) is 14.5. The van der Waals surface area contributed by atoms with Crippen LogP contribution in [0.2, 0.25) is 0 Å². The van der Waals surface area contributed by atoms with Crippen molar-refractivity contribution in [3.63, 3.8) is 0 Å². The molecule has 0 saturated carbocycles. The van der Waals surface area contributed by atoms with Crippen LogP contribution in [0.5, 0.6) is 0 Å². The summed E-state index contributed by atoms with van der Waals surface area (Å²) in [4.78, 5) is 38.3. The first-order valence-corrected chi connectivity index (χ1v) is 11.7. The number of nitrogens with zero attached hydrogens (tertiary/aromatic N) is 1. The second-order valence-electron chi connectivity index (χ2n) is 9.79. The molecular weight excluding hydrogens is 432 g/mol. The number of carbonyl (C=O) groups is 3. The van der Waals surface area contributed by atoms with Crippen molar-refractivity contribution >= 4 is 18.0 Å². The van der Waals surface area contributed by atoms with Gasteiger partial charge in [0.2, 0.25) is 5.91 Å². The maximum absolute atomic E-state index is 12.9. The van der Waals surface area contributed by atoms with E-state index in [1.807, 2.05) is 45.0 Å². The fourth-order valence-electron chi connectivity index (χ4n) is 4.45. The van der Waals surface area contributed by atoms with Crippen molar-refractivity contribution in [1.29, 1.82) is 0 Å². The number of rotatable bonds is 8. The third-order valence-electron chi connectivity index (χ3n) is 6.55. The molecule has 7 heteroatoms. The number of hydrogen-bond acceptors (Lipinski definition) is 4. The summed E-state index contributed by atoms with van der Waals surface area (Å²) in [6.07, 6.45) is -0.608. The van der Waals surface area contributed by atoms with E-state index in [0.29, 0.717) is 0 Å². The summed E-state index contributed by atoms with van der Waals surface area (Å²) in [5.41, 5.74) is 4.11. The molecule has 0 fully saturated rings. The summed E-state index contributed by atoms with van der Waals surface area (Å²) in [5.74, 6) is -1.44. The standard InChI is InChI=1S/C27H34N2O5/c1-6-29(17(2)25(31)32)24(30)15-23(27(3,4)5)28-26(33)34-16-22-20-13-9-7-11-18(20)19-12-8-10-14-21(19)22/h7-14,17,22-23H,6,15-16H2,1-5H3,(H,28,33)(H,31,32). The number of likely N-dealkylation sites (N-methyl/N-ethyl adjacent to an activating group) is 1. The Morgan fingerprint density at radius 1 is 1.03 bits per heavy atom. The van der Waals surface area contributed by atoms with Crippen molar-refractivity contribution in [3.05, 3.63) is 59.7 Å². The van der Waals surface area contributed by atoms with Crippen LogP contribution in [0.4, 0.5) is 4.79 Å². The molecule has 0 heterocycles. The number of ether oxygens (including phenoxy) is 1. The number of benzene rings is 2. The largest absolute Gasteiger partial charge is 0.480 e. The lowest BCUT2D eigenvalue weighted by Crippen LogP contribution is -2.50. The Labute approximate surface area is 201 Å². The first-order valence-electron chi connectivity index (χ1n) is 11.7. The van der Waals surface area contributed by atoms with E-state index in [1.165, 1.54) is 11.8 Å². The van der Waals surface area contributed by atoms with E-state index >= 15 is 0 Å². The highest BCUT2D eigenvalue weighted by molar-refractivity contribution is 5.84. The number of carbonyl (C=O) groups excluding carboxylic acids is 2. The van der Waals surface area contributed by atoms with Gasteiger partial charge in [0.25, 0.3) is 0 Å². The number of alkyl carbamates (subject to hydrolysis) is 1. The average molecular weight is 467 g/mol. The lowest BCUT2D eigenvalue weighted by molar-refractivity contribution is -0.149. The molecule has 1 aliphatic rings. The van der Waals surface area contributed by atoms with E-state index < -0.39 is 29.6 Å². The van der Waals surface area contributed by atoms with Crippen LogP contribution in [0, 0.1) is 5.41 Å². The van der Waals surface area contributed by atoms with Crippen molar-refractivity contribution in [3.8, 4) is 11.1 Å². The topological polar surface area (TPSA) is 95.9 Å². The van der Waals surface area contributed by atoms with Gasteiger partial charge >= 0.3 is 12.1 Å². The molecule has 2 amide bonds. The summed E-state index contributed by atoms with van der Waals surface area (Å²) < 4.78 is 5.65. The fourth-order valence-corrected chi connectivity index (χ4v) is 4.45. The van der Waals surface area contributed by atoms with E-state index in [-0.39, 0.29) is 31.4 Å². The molecule has 34 heavy (non-hydrogen) atoms. The number of hydrogen-bond donors (Lipinski definition) is 2. The number of nitrogens with one attached hydrogen (secondary N) is 1.